The van der Waals surface area contributed by atoms with Gasteiger partial charge in [0.05, 0.1) is 12.9 Å². The molecule has 0 amide bonds. The van der Waals surface area contributed by atoms with Gasteiger partial charge in [-0.2, -0.15) is 4.98 Å². The second kappa shape index (κ2) is 6.95. The van der Waals surface area contributed by atoms with Crippen LogP contribution >= 0.6 is 7.82 Å². The third-order valence-electron chi connectivity index (χ3n) is 4.20. The van der Waals surface area contributed by atoms with Gasteiger partial charge < -0.3 is 29.6 Å². The molecule has 0 radical (unpaired) electrons. The highest BCUT2D eigenvalue weighted by atomic mass is 31.2. The first-order chi connectivity index (χ1) is 12.5. The number of fused-ring (bicyclic) bond motifs is 1. The van der Waals surface area contributed by atoms with Crippen LogP contribution in [0, 0.1) is 0 Å². The molecule has 0 saturated carbocycles. The smallest absolute Gasteiger partial charge is 0.394 e. The number of phosphoric acid groups is 1. The quantitative estimate of drug-likeness (QED) is 0.402. The first-order valence-corrected chi connectivity index (χ1v) is 9.37. The number of ether oxygens (including phenoxy) is 1. The number of imidazole rings is 1. The van der Waals surface area contributed by atoms with E-state index in [1.807, 2.05) is 0 Å². The Morgan fingerprint density at radius 3 is 2.63 bits per heavy atom. The number of anilines is 1. The number of rotatable bonds is 5. The van der Waals surface area contributed by atoms with Gasteiger partial charge in [0.2, 0.25) is 5.95 Å². The van der Waals surface area contributed by atoms with E-state index in [2.05, 4.69) is 14.5 Å². The molecule has 3 heterocycles. The molecule has 150 valence electrons. The molecule has 1 fully saturated rings. The lowest BCUT2D eigenvalue weighted by molar-refractivity contribution is -0.0509. The van der Waals surface area contributed by atoms with Crippen molar-refractivity contribution in [2.24, 2.45) is 7.05 Å². The van der Waals surface area contributed by atoms with E-state index in [0.29, 0.717) is 5.95 Å². The molecule has 0 aliphatic carbocycles. The predicted octanol–water partition coefficient (Wildman–Crippen LogP) is -2.08. The second-order valence-electron chi connectivity index (χ2n) is 6.29. The summed E-state index contributed by atoms with van der Waals surface area (Å²) in [6, 6.07) is 0. The predicted molar refractivity (Wildman–Crippen MR) is 91.0 cm³/mol. The van der Waals surface area contributed by atoms with Crippen LogP contribution in [0.25, 0.3) is 11.2 Å². The van der Waals surface area contributed by atoms with Crippen LogP contribution in [-0.2, 0) is 20.9 Å². The number of hydrogen-bond acceptors (Lipinski definition) is 9. The number of hydrogen-bond donors (Lipinski definition) is 4. The molecule has 14 heteroatoms. The Labute approximate surface area is 152 Å². The average molecular weight is 405 g/mol. The summed E-state index contributed by atoms with van der Waals surface area (Å²) >= 11 is 0. The molecule has 0 aromatic carbocycles. The number of aliphatic hydroxyl groups excluding tert-OH is 2. The van der Waals surface area contributed by atoms with Gasteiger partial charge in [0, 0.05) is 21.1 Å². The van der Waals surface area contributed by atoms with Gasteiger partial charge in [-0.05, 0) is 0 Å². The van der Waals surface area contributed by atoms with Crippen molar-refractivity contribution in [2.75, 3.05) is 25.6 Å². The van der Waals surface area contributed by atoms with Crippen molar-refractivity contribution in [3.05, 3.63) is 16.7 Å². The zero-order valence-electron chi connectivity index (χ0n) is 14.7. The summed E-state index contributed by atoms with van der Waals surface area (Å²) in [4.78, 5) is 40.5. The molecule has 3 rings (SSSR count). The third kappa shape index (κ3) is 3.50. The number of phosphoric ester groups is 1. The van der Waals surface area contributed by atoms with E-state index in [9.17, 15) is 19.6 Å². The molecule has 13 nitrogen and oxygen atoms in total. The van der Waals surface area contributed by atoms with Gasteiger partial charge in [-0.15, -0.1) is 0 Å². The molecule has 1 aliphatic rings. The molecule has 1 aliphatic heterocycles. The summed E-state index contributed by atoms with van der Waals surface area (Å²) in [5.41, 5.74) is -0.283. The zero-order chi connectivity index (χ0) is 20.1. The van der Waals surface area contributed by atoms with Crippen LogP contribution in [-0.4, -0.2) is 78.1 Å². The SMILES string of the molecule is CN(C)c1nc2c(ncn2[C@@H]2O[C@H](CO)[C@@H](OP(=O)(O)O)[C@H]2O)c(=O)n1C. The van der Waals surface area contributed by atoms with E-state index in [0.717, 1.165) is 0 Å². The summed E-state index contributed by atoms with van der Waals surface area (Å²) < 4.78 is 23.8. The van der Waals surface area contributed by atoms with Crippen LogP contribution in [0.15, 0.2) is 11.1 Å². The molecular weight excluding hydrogens is 385 g/mol. The maximum atomic E-state index is 12.5. The maximum absolute atomic E-state index is 12.5. The Balaban J connectivity index is 2.07. The van der Waals surface area contributed by atoms with Crippen molar-refractivity contribution >= 4 is 24.9 Å². The normalized spacial score (nSPS) is 26.0. The largest absolute Gasteiger partial charge is 0.470 e. The minimum absolute atomic E-state index is 0.0267. The highest BCUT2D eigenvalue weighted by Crippen LogP contribution is 2.44. The molecule has 4 atom stereocenters. The fourth-order valence-corrected chi connectivity index (χ4v) is 3.58. The average Bonchev–Trinajstić information content (AvgIpc) is 3.11. The van der Waals surface area contributed by atoms with Crippen molar-refractivity contribution in [1.82, 2.24) is 19.1 Å². The highest BCUT2D eigenvalue weighted by molar-refractivity contribution is 7.46. The van der Waals surface area contributed by atoms with Crippen LogP contribution in [0.1, 0.15) is 6.23 Å². The van der Waals surface area contributed by atoms with E-state index in [1.54, 1.807) is 19.0 Å². The van der Waals surface area contributed by atoms with E-state index < -0.39 is 44.5 Å². The first-order valence-electron chi connectivity index (χ1n) is 7.84. The molecule has 2 aromatic rings. The fraction of sp³-hybridized carbons (Fsp3) is 0.615. The fourth-order valence-electron chi connectivity index (χ4n) is 3.01. The zero-order valence-corrected chi connectivity index (χ0v) is 15.6. The summed E-state index contributed by atoms with van der Waals surface area (Å²) in [7, 11) is -0.0129. The lowest BCUT2D eigenvalue weighted by Crippen LogP contribution is -2.35. The van der Waals surface area contributed by atoms with Gasteiger partial charge in [0.25, 0.3) is 5.56 Å². The topological polar surface area (TPSA) is 172 Å². The Hall–Kier alpha value is -1.86. The van der Waals surface area contributed by atoms with Gasteiger partial charge in [0.15, 0.2) is 17.4 Å². The van der Waals surface area contributed by atoms with Gasteiger partial charge in [-0.25, -0.2) is 9.55 Å². The molecule has 27 heavy (non-hydrogen) atoms. The van der Waals surface area contributed by atoms with Gasteiger partial charge in [-0.3, -0.25) is 18.5 Å². The summed E-state index contributed by atoms with van der Waals surface area (Å²) in [6.45, 7) is -0.650. The van der Waals surface area contributed by atoms with E-state index in [-0.39, 0.29) is 11.2 Å². The summed E-state index contributed by atoms with van der Waals surface area (Å²) in [6.07, 6.45) is -4.24. The molecule has 1 saturated heterocycles. The Morgan fingerprint density at radius 2 is 2.07 bits per heavy atom. The van der Waals surface area contributed by atoms with E-state index in [1.165, 1.54) is 22.5 Å². The molecule has 0 unspecified atom stereocenters. The summed E-state index contributed by atoms with van der Waals surface area (Å²) in [5, 5.41) is 19.9. The lowest BCUT2D eigenvalue weighted by Gasteiger charge is -2.20. The van der Waals surface area contributed by atoms with E-state index >= 15 is 0 Å². The third-order valence-corrected chi connectivity index (χ3v) is 4.72. The Kier molecular flexibility index (Phi) is 5.12. The van der Waals surface area contributed by atoms with Gasteiger partial charge in [0.1, 0.15) is 18.3 Å². The molecular formula is C13H20N5O8P. The van der Waals surface area contributed by atoms with Crippen molar-refractivity contribution in [3.8, 4) is 0 Å². The Morgan fingerprint density at radius 1 is 1.41 bits per heavy atom. The maximum Gasteiger partial charge on any atom is 0.470 e. The Bertz CT molecular complexity index is 952. The van der Waals surface area contributed by atoms with Crippen LogP contribution in [0.5, 0.6) is 0 Å². The highest BCUT2D eigenvalue weighted by Gasteiger charge is 2.48. The summed E-state index contributed by atoms with van der Waals surface area (Å²) in [5.74, 6) is 0.323. The number of nitrogens with zero attached hydrogens (tertiary/aromatic N) is 5. The number of aromatic nitrogens is 4. The van der Waals surface area contributed by atoms with Crippen LogP contribution in [0.2, 0.25) is 0 Å². The van der Waals surface area contributed by atoms with Gasteiger partial charge in [-0.1, -0.05) is 0 Å². The second-order valence-corrected chi connectivity index (χ2v) is 7.49. The van der Waals surface area contributed by atoms with Crippen molar-refractivity contribution in [2.45, 2.75) is 24.5 Å². The molecule has 0 spiro atoms. The monoisotopic (exact) mass is 405 g/mol. The van der Waals surface area contributed by atoms with Crippen LogP contribution in [0.4, 0.5) is 5.95 Å². The van der Waals surface area contributed by atoms with Crippen molar-refractivity contribution in [3.63, 3.8) is 0 Å². The minimum Gasteiger partial charge on any atom is -0.394 e. The molecule has 2 aromatic heterocycles. The first kappa shape index (κ1) is 19.9. The van der Waals surface area contributed by atoms with Crippen LogP contribution in [0.3, 0.4) is 0 Å². The van der Waals surface area contributed by atoms with E-state index in [4.69, 9.17) is 14.5 Å². The standard InChI is InChI=1S/C13H20N5O8P/c1-16(2)13-15-10-7(11(21)17(13)3)14-5-18(10)12-8(20)9(6(4-19)25-12)26-27(22,23)24/h5-6,8-9,12,19-20H,4H2,1-3H3,(H2,22,23,24)/t6-,8-,9-,12-/m1/s1. The number of aliphatic hydroxyl groups is 2. The lowest BCUT2D eigenvalue weighted by atomic mass is 10.1. The molecule has 4 N–H and O–H groups in total. The molecule has 0 bridgehead atoms. The van der Waals surface area contributed by atoms with Crippen molar-refractivity contribution < 1.29 is 33.8 Å². The van der Waals surface area contributed by atoms with Crippen LogP contribution < -0.4 is 10.5 Å². The van der Waals surface area contributed by atoms with Gasteiger partial charge >= 0.3 is 7.82 Å². The van der Waals surface area contributed by atoms with Crippen molar-refractivity contribution in [1.29, 1.82) is 0 Å². The minimum atomic E-state index is -4.94.